The average molecular weight is 544 g/mol. The highest BCUT2D eigenvalue weighted by Crippen LogP contribution is 2.62. The maximum atomic E-state index is 6.27. The third-order valence-corrected chi connectivity index (χ3v) is 12.9. The van der Waals surface area contributed by atoms with Crippen LogP contribution in [0.3, 0.4) is 0 Å². The van der Waals surface area contributed by atoms with E-state index in [2.05, 4.69) is 61.3 Å². The summed E-state index contributed by atoms with van der Waals surface area (Å²) in [5.74, 6) is 10.1. The van der Waals surface area contributed by atoms with Crippen LogP contribution in [0.2, 0.25) is 0 Å². The zero-order valence-electron chi connectivity index (χ0n) is 24.7. The van der Waals surface area contributed by atoms with E-state index >= 15 is 0 Å². The van der Waals surface area contributed by atoms with Gasteiger partial charge in [0.05, 0.1) is 0 Å². The van der Waals surface area contributed by atoms with Gasteiger partial charge in [-0.15, -0.1) is 0 Å². The minimum atomic E-state index is 0.758. The van der Waals surface area contributed by atoms with E-state index in [1.165, 1.54) is 80.8 Å². The molecule has 8 saturated carbocycles. The Balaban J connectivity index is 1.10. The molecular weight excluding hydrogens is 498 g/mol. The fourth-order valence-corrected chi connectivity index (χ4v) is 11.9. The fourth-order valence-electron chi connectivity index (χ4n) is 11.9. The highest BCUT2D eigenvalue weighted by atomic mass is 16.3. The summed E-state index contributed by atoms with van der Waals surface area (Å²) in [6.07, 6.45) is 19.0. The Hall–Kier alpha value is -2.74. The number of para-hydroxylation sites is 1. The standard InChI is InChI=1S/C39H45NO/c1-3-33(21-37-22(2)35-6-4-5-7-36(35)41-37)40-34-19-31(38-27-10-23-8-24(12-27)13-28(38)11-23)18-32(20-34)39-29-14-25-9-26(16-29)17-30(39)15-25/h3-7,18-21,23-30,38-40H,1,8-17H2,2H3/b33-21+. The van der Waals surface area contributed by atoms with Crippen LogP contribution in [-0.4, -0.2) is 0 Å². The first-order chi connectivity index (χ1) is 20.1. The Kier molecular flexibility index (Phi) is 5.68. The number of hydrogen-bond donors (Lipinski definition) is 1. The molecule has 8 bridgehead atoms. The van der Waals surface area contributed by atoms with Crippen LogP contribution >= 0.6 is 0 Å². The number of aryl methyl sites for hydroxylation is 1. The SMILES string of the molecule is C=C/C(=C\c1oc2ccccc2c1C)Nc1cc(C2C3CC4CC(C3)CC2C4)cc(C2C3CC4CC(C3)CC2C4)c1. The normalized spacial score (nSPS) is 38.6. The summed E-state index contributed by atoms with van der Waals surface area (Å²) in [5.41, 5.74) is 7.73. The fraction of sp³-hybridized carbons (Fsp3) is 0.538. The molecule has 0 atom stereocenters. The maximum Gasteiger partial charge on any atom is 0.135 e. The van der Waals surface area contributed by atoms with Crippen molar-refractivity contribution < 1.29 is 4.42 Å². The topological polar surface area (TPSA) is 25.2 Å². The van der Waals surface area contributed by atoms with Crippen LogP contribution in [-0.2, 0) is 0 Å². The molecule has 2 aromatic carbocycles. The van der Waals surface area contributed by atoms with Gasteiger partial charge in [0.15, 0.2) is 0 Å². The summed E-state index contributed by atoms with van der Waals surface area (Å²) in [5, 5.41) is 5.05. The predicted molar refractivity (Wildman–Crippen MR) is 169 cm³/mol. The molecule has 1 N–H and O–H groups in total. The van der Waals surface area contributed by atoms with Gasteiger partial charge in [0, 0.05) is 28.4 Å². The molecule has 0 spiro atoms. The van der Waals surface area contributed by atoms with Gasteiger partial charge in [-0.2, -0.15) is 0 Å². The summed E-state index contributed by atoms with van der Waals surface area (Å²) in [4.78, 5) is 0. The van der Waals surface area contributed by atoms with E-state index in [0.717, 1.165) is 76.2 Å². The van der Waals surface area contributed by atoms with Crippen LogP contribution in [0.15, 0.2) is 65.2 Å². The van der Waals surface area contributed by atoms with E-state index in [1.54, 1.807) is 11.1 Å². The minimum absolute atomic E-state index is 0.758. The van der Waals surface area contributed by atoms with Crippen molar-refractivity contribution in [2.75, 3.05) is 5.32 Å². The van der Waals surface area contributed by atoms with Gasteiger partial charge < -0.3 is 9.73 Å². The molecule has 0 saturated heterocycles. The van der Waals surface area contributed by atoms with Crippen molar-refractivity contribution in [1.29, 1.82) is 0 Å². The van der Waals surface area contributed by atoms with Gasteiger partial charge >= 0.3 is 0 Å². The van der Waals surface area contributed by atoms with Crippen LogP contribution in [0.1, 0.15) is 98.5 Å². The van der Waals surface area contributed by atoms with Gasteiger partial charge in [-0.1, -0.05) is 30.8 Å². The second kappa shape index (κ2) is 9.38. The van der Waals surface area contributed by atoms with Crippen molar-refractivity contribution in [3.63, 3.8) is 0 Å². The van der Waals surface area contributed by atoms with Gasteiger partial charge in [0.1, 0.15) is 11.3 Å². The van der Waals surface area contributed by atoms with Crippen LogP contribution < -0.4 is 5.32 Å². The van der Waals surface area contributed by atoms with Crippen molar-refractivity contribution in [1.82, 2.24) is 0 Å². The Morgan fingerprint density at radius 3 is 1.73 bits per heavy atom. The molecular formula is C39H45NO. The van der Waals surface area contributed by atoms with Crippen molar-refractivity contribution >= 4 is 22.7 Å². The van der Waals surface area contributed by atoms with E-state index < -0.39 is 0 Å². The molecule has 0 radical (unpaired) electrons. The third-order valence-electron chi connectivity index (χ3n) is 12.9. The minimum Gasteiger partial charge on any atom is -0.456 e. The Labute approximate surface area is 245 Å². The largest absolute Gasteiger partial charge is 0.456 e. The van der Waals surface area contributed by atoms with Crippen LogP contribution in [0, 0.1) is 54.3 Å². The lowest BCUT2D eigenvalue weighted by Gasteiger charge is -2.55. The quantitative estimate of drug-likeness (QED) is 0.313. The second-order valence-electron chi connectivity index (χ2n) is 15.3. The smallest absolute Gasteiger partial charge is 0.135 e. The Morgan fingerprint density at radius 2 is 1.24 bits per heavy atom. The highest BCUT2D eigenvalue weighted by molar-refractivity contribution is 5.84. The van der Waals surface area contributed by atoms with Crippen molar-refractivity contribution in [3.8, 4) is 0 Å². The third kappa shape index (κ3) is 4.10. The number of allylic oxidation sites excluding steroid dienone is 1. The molecule has 8 aliphatic rings. The zero-order chi connectivity index (χ0) is 27.2. The van der Waals surface area contributed by atoms with Crippen LogP contribution in [0.4, 0.5) is 5.69 Å². The van der Waals surface area contributed by atoms with Gasteiger partial charge in [-0.25, -0.2) is 0 Å². The van der Waals surface area contributed by atoms with E-state index in [0.29, 0.717) is 0 Å². The number of benzene rings is 2. The number of rotatable bonds is 6. The molecule has 212 valence electrons. The molecule has 0 amide bonds. The lowest BCUT2D eigenvalue weighted by Crippen LogP contribution is -2.44. The molecule has 3 aromatic rings. The average Bonchev–Trinajstić information content (AvgIpc) is 3.26. The summed E-state index contributed by atoms with van der Waals surface area (Å²) in [6, 6.07) is 16.2. The van der Waals surface area contributed by atoms with Crippen molar-refractivity contribution in [2.24, 2.45) is 47.3 Å². The van der Waals surface area contributed by atoms with Crippen LogP contribution in [0.25, 0.3) is 17.0 Å². The Morgan fingerprint density at radius 1 is 0.732 bits per heavy atom. The van der Waals surface area contributed by atoms with E-state index in [-0.39, 0.29) is 0 Å². The molecule has 0 aliphatic heterocycles. The number of hydrogen-bond acceptors (Lipinski definition) is 2. The van der Waals surface area contributed by atoms with E-state index in [9.17, 15) is 0 Å². The van der Waals surface area contributed by atoms with Gasteiger partial charge in [0.25, 0.3) is 0 Å². The predicted octanol–water partition coefficient (Wildman–Crippen LogP) is 10.5. The first kappa shape index (κ1) is 24.8. The molecule has 2 heteroatoms. The second-order valence-corrected chi connectivity index (χ2v) is 15.3. The molecule has 8 aliphatic carbocycles. The first-order valence-electron chi connectivity index (χ1n) is 16.8. The van der Waals surface area contributed by atoms with Crippen molar-refractivity contribution in [3.05, 3.63) is 83.3 Å². The van der Waals surface area contributed by atoms with Gasteiger partial charge in [0.2, 0.25) is 0 Å². The maximum absolute atomic E-state index is 6.27. The number of nitrogens with one attached hydrogen (secondary N) is 1. The first-order valence-corrected chi connectivity index (χ1v) is 16.8. The molecule has 1 heterocycles. The number of anilines is 1. The van der Waals surface area contributed by atoms with Crippen LogP contribution in [0.5, 0.6) is 0 Å². The molecule has 8 fully saturated rings. The lowest BCUT2D eigenvalue weighted by atomic mass is 9.49. The molecule has 0 unspecified atom stereocenters. The Bertz CT molecular complexity index is 1420. The molecule has 41 heavy (non-hydrogen) atoms. The lowest BCUT2D eigenvalue weighted by molar-refractivity contribution is -0.00494. The summed E-state index contributed by atoms with van der Waals surface area (Å²) in [6.45, 7) is 6.37. The van der Waals surface area contributed by atoms with Gasteiger partial charge in [-0.3, -0.25) is 0 Å². The van der Waals surface area contributed by atoms with Gasteiger partial charge in [-0.05, 0) is 166 Å². The summed E-state index contributed by atoms with van der Waals surface area (Å²) < 4.78 is 6.27. The number of fused-ring (bicyclic) bond motifs is 1. The monoisotopic (exact) mass is 543 g/mol. The molecule has 11 rings (SSSR count). The zero-order valence-corrected chi connectivity index (χ0v) is 24.7. The van der Waals surface area contributed by atoms with E-state index in [4.69, 9.17) is 4.42 Å². The highest BCUT2D eigenvalue weighted by Gasteiger charge is 2.50. The molecule has 2 nitrogen and oxygen atoms in total. The summed E-state index contributed by atoms with van der Waals surface area (Å²) in [7, 11) is 0. The number of furan rings is 1. The van der Waals surface area contributed by atoms with Crippen molar-refractivity contribution in [2.45, 2.75) is 83.0 Å². The van der Waals surface area contributed by atoms with E-state index in [1.807, 2.05) is 12.1 Å². The summed E-state index contributed by atoms with van der Waals surface area (Å²) >= 11 is 0. The molecule has 1 aromatic heterocycles.